The number of carbonyl (C=O) groups is 3. The number of carbonyl (C=O) groups excluding carboxylic acids is 3. The molecular formula is C30H33N3O9. The molecule has 42 heavy (non-hydrogen) atoms. The molecule has 1 saturated heterocycles. The molecule has 0 radical (unpaired) electrons. The van der Waals surface area contributed by atoms with Crippen LogP contribution < -0.4 is 15.4 Å². The molecule has 4 rings (SSSR count). The number of ether oxygens (including phenoxy) is 4. The van der Waals surface area contributed by atoms with E-state index in [1.165, 1.54) is 25.1 Å². The fourth-order valence-electron chi connectivity index (χ4n) is 5.04. The normalized spacial score (nSPS) is 20.0. The molecule has 0 aliphatic carbocycles. The number of nitro groups is 1. The van der Waals surface area contributed by atoms with Crippen LogP contribution in [0.4, 0.5) is 11.4 Å². The minimum absolute atomic E-state index is 0.0145. The number of hydrogen-bond acceptors (Lipinski definition) is 10. The number of hydrogen-bond donors (Lipinski definition) is 2. The van der Waals surface area contributed by atoms with Crippen molar-refractivity contribution in [1.29, 1.82) is 0 Å². The van der Waals surface area contributed by atoms with Crippen molar-refractivity contribution >= 4 is 29.2 Å². The molecule has 2 aliphatic heterocycles. The van der Waals surface area contributed by atoms with E-state index >= 15 is 0 Å². The van der Waals surface area contributed by atoms with Gasteiger partial charge in [0.1, 0.15) is 19.0 Å². The number of amides is 1. The van der Waals surface area contributed by atoms with Crippen molar-refractivity contribution < 1.29 is 38.3 Å². The Hall–Kier alpha value is -4.71. The van der Waals surface area contributed by atoms with E-state index in [0.29, 0.717) is 42.3 Å². The minimum atomic E-state index is -1.15. The van der Waals surface area contributed by atoms with Gasteiger partial charge in [0.05, 0.1) is 28.6 Å². The van der Waals surface area contributed by atoms with E-state index in [2.05, 4.69) is 10.6 Å². The molecule has 0 bridgehead atoms. The summed E-state index contributed by atoms with van der Waals surface area (Å²) in [6.07, 6.45) is 1.21. The number of nitrogens with zero attached hydrogens (tertiary/aromatic N) is 1. The second-order valence-electron chi connectivity index (χ2n) is 10.1. The monoisotopic (exact) mass is 579 g/mol. The van der Waals surface area contributed by atoms with E-state index < -0.39 is 28.6 Å². The number of esters is 2. The van der Waals surface area contributed by atoms with Gasteiger partial charge >= 0.3 is 11.9 Å². The Kier molecular flexibility index (Phi) is 9.26. The molecule has 2 heterocycles. The van der Waals surface area contributed by atoms with Crippen LogP contribution in [0.25, 0.3) is 0 Å². The van der Waals surface area contributed by atoms with Gasteiger partial charge in [-0.1, -0.05) is 18.2 Å². The molecule has 0 spiro atoms. The Balaban J connectivity index is 1.57. The lowest BCUT2D eigenvalue weighted by atomic mass is 9.79. The van der Waals surface area contributed by atoms with Gasteiger partial charge < -0.3 is 29.6 Å². The summed E-state index contributed by atoms with van der Waals surface area (Å²) in [6, 6.07) is 12.6. The lowest BCUT2D eigenvalue weighted by Crippen LogP contribution is -2.37. The number of benzene rings is 2. The van der Waals surface area contributed by atoms with Gasteiger partial charge in [-0.2, -0.15) is 0 Å². The van der Waals surface area contributed by atoms with Crippen molar-refractivity contribution in [2.75, 3.05) is 25.1 Å². The molecule has 2 unspecified atom stereocenters. The molecule has 0 aromatic heterocycles. The Morgan fingerprint density at radius 2 is 1.71 bits per heavy atom. The van der Waals surface area contributed by atoms with Gasteiger partial charge in [-0.15, -0.1) is 0 Å². The third-order valence-electron chi connectivity index (χ3n) is 6.90. The highest BCUT2D eigenvalue weighted by Gasteiger charge is 2.43. The highest BCUT2D eigenvalue weighted by Crippen LogP contribution is 2.43. The van der Waals surface area contributed by atoms with Gasteiger partial charge in [0.15, 0.2) is 0 Å². The Labute approximate surface area is 242 Å². The average molecular weight is 580 g/mol. The number of dihydropyridines is 1. The molecule has 2 aromatic rings. The molecule has 2 atom stereocenters. The number of anilines is 1. The first-order valence-corrected chi connectivity index (χ1v) is 13.5. The Morgan fingerprint density at radius 1 is 1.05 bits per heavy atom. The van der Waals surface area contributed by atoms with Gasteiger partial charge in [-0.05, 0) is 44.5 Å². The van der Waals surface area contributed by atoms with Gasteiger partial charge in [0.25, 0.3) is 5.69 Å². The van der Waals surface area contributed by atoms with Crippen molar-refractivity contribution in [3.63, 3.8) is 0 Å². The minimum Gasteiger partial charge on any atom is -0.490 e. The lowest BCUT2D eigenvalue weighted by Gasteiger charge is -2.32. The summed E-state index contributed by atoms with van der Waals surface area (Å²) in [5.41, 5.74) is 1.37. The van der Waals surface area contributed by atoms with Crippen LogP contribution in [0.5, 0.6) is 5.75 Å². The quantitative estimate of drug-likeness (QED) is 0.178. The summed E-state index contributed by atoms with van der Waals surface area (Å²) in [5, 5.41) is 17.7. The third-order valence-corrected chi connectivity index (χ3v) is 6.90. The summed E-state index contributed by atoms with van der Waals surface area (Å²) in [4.78, 5) is 49.8. The molecule has 12 nitrogen and oxygen atoms in total. The van der Waals surface area contributed by atoms with Crippen molar-refractivity contribution in [1.82, 2.24) is 5.32 Å². The van der Waals surface area contributed by atoms with E-state index in [4.69, 9.17) is 18.9 Å². The predicted molar refractivity (Wildman–Crippen MR) is 151 cm³/mol. The molecule has 1 fully saturated rings. The van der Waals surface area contributed by atoms with Gasteiger partial charge in [-0.25, -0.2) is 9.59 Å². The van der Waals surface area contributed by atoms with Crippen LogP contribution in [0.3, 0.4) is 0 Å². The van der Waals surface area contributed by atoms with Crippen LogP contribution in [-0.4, -0.2) is 48.4 Å². The maximum atomic E-state index is 13.6. The SMILES string of the molecule is CC(=O)Nc1ccc(OCCOC(=O)C2=C(C)NC(C)=C(C(=O)OC3(C)CCCO3)C2c2ccccc2[N+](=O)[O-])cc1. The van der Waals surface area contributed by atoms with E-state index in [9.17, 15) is 24.5 Å². The van der Waals surface area contributed by atoms with Gasteiger partial charge in [0, 0.05) is 49.0 Å². The van der Waals surface area contributed by atoms with E-state index in [-0.39, 0.29) is 41.5 Å². The largest absolute Gasteiger partial charge is 0.490 e. The molecule has 2 aromatic carbocycles. The zero-order valence-electron chi connectivity index (χ0n) is 23.9. The second kappa shape index (κ2) is 12.9. The zero-order valence-corrected chi connectivity index (χ0v) is 23.9. The average Bonchev–Trinajstić information content (AvgIpc) is 3.36. The summed E-state index contributed by atoms with van der Waals surface area (Å²) in [5.74, 6) is -3.50. The molecule has 12 heteroatoms. The number of allylic oxidation sites excluding steroid dienone is 2. The number of nitro benzene ring substituents is 1. The van der Waals surface area contributed by atoms with Crippen LogP contribution in [0.1, 0.15) is 52.0 Å². The fourth-order valence-corrected chi connectivity index (χ4v) is 5.04. The third kappa shape index (κ3) is 6.95. The highest BCUT2D eigenvalue weighted by atomic mass is 16.7. The fraction of sp³-hybridized carbons (Fsp3) is 0.367. The standard InChI is InChI=1S/C30H33N3O9/c1-18-25(28(35)40-17-16-39-22-12-10-21(11-13-22)32-20(3)34)27(23-8-5-6-9-24(23)33(37)38)26(19(2)31-18)29(36)42-30(4)14-7-15-41-30/h5-6,8-13,27,31H,7,14-17H2,1-4H3,(H,32,34). The lowest BCUT2D eigenvalue weighted by molar-refractivity contribution is -0.385. The summed E-state index contributed by atoms with van der Waals surface area (Å²) in [7, 11) is 0. The first-order valence-electron chi connectivity index (χ1n) is 13.5. The molecule has 0 saturated carbocycles. The Morgan fingerprint density at radius 3 is 2.33 bits per heavy atom. The number of para-hydroxylation sites is 1. The van der Waals surface area contributed by atoms with E-state index in [1.807, 2.05) is 0 Å². The van der Waals surface area contributed by atoms with Gasteiger partial charge in [0.2, 0.25) is 11.7 Å². The first kappa shape index (κ1) is 30.3. The van der Waals surface area contributed by atoms with Gasteiger partial charge in [-0.3, -0.25) is 14.9 Å². The number of nitrogens with one attached hydrogen (secondary N) is 2. The summed E-state index contributed by atoms with van der Waals surface area (Å²) < 4.78 is 22.6. The predicted octanol–water partition coefficient (Wildman–Crippen LogP) is 4.48. The maximum absolute atomic E-state index is 13.6. The van der Waals surface area contributed by atoms with E-state index in [1.54, 1.807) is 51.1 Å². The molecular weight excluding hydrogens is 546 g/mol. The van der Waals surface area contributed by atoms with Crippen molar-refractivity contribution in [2.45, 2.75) is 52.2 Å². The van der Waals surface area contributed by atoms with Crippen molar-refractivity contribution in [2.24, 2.45) is 0 Å². The molecule has 1 amide bonds. The van der Waals surface area contributed by atoms with Crippen molar-refractivity contribution in [3.8, 4) is 5.75 Å². The topological polar surface area (TPSA) is 155 Å². The molecule has 2 aliphatic rings. The first-order chi connectivity index (χ1) is 20.0. The zero-order chi connectivity index (χ0) is 30.4. The summed E-state index contributed by atoms with van der Waals surface area (Å²) in [6.45, 7) is 6.66. The second-order valence-corrected chi connectivity index (χ2v) is 10.1. The van der Waals surface area contributed by atoms with Crippen LogP contribution >= 0.6 is 0 Å². The Bertz CT molecular complexity index is 1440. The number of rotatable bonds is 10. The van der Waals surface area contributed by atoms with Crippen LogP contribution in [0.15, 0.2) is 71.1 Å². The van der Waals surface area contributed by atoms with Crippen LogP contribution in [-0.2, 0) is 28.6 Å². The molecule has 222 valence electrons. The van der Waals surface area contributed by atoms with E-state index in [0.717, 1.165) is 0 Å². The summed E-state index contributed by atoms with van der Waals surface area (Å²) >= 11 is 0. The van der Waals surface area contributed by atoms with Crippen LogP contribution in [0.2, 0.25) is 0 Å². The maximum Gasteiger partial charge on any atom is 0.339 e. The van der Waals surface area contributed by atoms with Crippen molar-refractivity contribution in [3.05, 3.63) is 86.7 Å². The smallest absolute Gasteiger partial charge is 0.339 e. The highest BCUT2D eigenvalue weighted by molar-refractivity contribution is 6.00. The molecule has 2 N–H and O–H groups in total. The van der Waals surface area contributed by atoms with Crippen LogP contribution in [0, 0.1) is 10.1 Å².